The normalized spacial score (nSPS) is 12.2. The smallest absolute Gasteiger partial charge is 0.450 e. The number of carboxylic acid groups (broad SMARTS) is 1. The molecule has 0 saturated heterocycles. The Morgan fingerprint density at radius 2 is 2.00 bits per heavy atom. The molecule has 13 heavy (non-hydrogen) atoms. The van der Waals surface area contributed by atoms with E-state index in [1.165, 1.54) is 0 Å². The van der Waals surface area contributed by atoms with Crippen LogP contribution in [0.5, 0.6) is 0 Å². The predicted molar refractivity (Wildman–Crippen MR) is 56.3 cm³/mol. The fraction of sp³-hybridized carbons (Fsp3) is 0.889. The Kier molecular flexibility index (Phi) is 5.78. The highest BCUT2D eigenvalue weighted by Gasteiger charge is 2.24. The van der Waals surface area contributed by atoms with Gasteiger partial charge in [0.25, 0.3) is 0 Å². The zero-order valence-corrected chi connectivity index (χ0v) is 10.2. The summed E-state index contributed by atoms with van der Waals surface area (Å²) in [7, 11) is -0.0967. The lowest BCUT2D eigenvalue weighted by Crippen LogP contribution is -2.20. The molecule has 0 saturated carbocycles. The van der Waals surface area contributed by atoms with E-state index in [0.29, 0.717) is 11.6 Å². The van der Waals surface area contributed by atoms with Crippen molar-refractivity contribution in [1.29, 1.82) is 0 Å². The van der Waals surface area contributed by atoms with Gasteiger partial charge in [-0.1, -0.05) is 33.2 Å². The summed E-state index contributed by atoms with van der Waals surface area (Å²) < 4.78 is 4.54. The van der Waals surface area contributed by atoms with Gasteiger partial charge in [0.1, 0.15) is 0 Å². The lowest BCUT2D eigenvalue weighted by atomic mass is 9.98. The van der Waals surface area contributed by atoms with Gasteiger partial charge in [-0.3, -0.25) is 0 Å². The standard InChI is InChI=1S/C9H20O3Si/c1-4-9(5-2,13-3)6-7-12-8(10)11/h4-7,13H2,1-3H3,(H,10,11). The maximum Gasteiger partial charge on any atom is 0.505 e. The first-order valence-corrected chi connectivity index (χ1v) is 7.08. The summed E-state index contributed by atoms with van der Waals surface area (Å²) in [5.74, 6) is 0. The van der Waals surface area contributed by atoms with Crippen LogP contribution in [0.3, 0.4) is 0 Å². The van der Waals surface area contributed by atoms with Crippen LogP contribution in [-0.2, 0) is 4.74 Å². The van der Waals surface area contributed by atoms with E-state index in [-0.39, 0.29) is 9.52 Å². The summed E-state index contributed by atoms with van der Waals surface area (Å²) in [6, 6.07) is 0. The molecule has 0 radical (unpaired) electrons. The number of hydrogen-bond donors (Lipinski definition) is 1. The molecule has 1 N–H and O–H groups in total. The van der Waals surface area contributed by atoms with Gasteiger partial charge < -0.3 is 9.84 Å². The highest BCUT2D eigenvalue weighted by atomic mass is 28.2. The number of rotatable bonds is 6. The van der Waals surface area contributed by atoms with Gasteiger partial charge in [0.05, 0.1) is 6.61 Å². The Morgan fingerprint density at radius 1 is 1.46 bits per heavy atom. The van der Waals surface area contributed by atoms with Crippen molar-refractivity contribution in [2.45, 2.75) is 44.7 Å². The molecule has 0 atom stereocenters. The topological polar surface area (TPSA) is 46.5 Å². The van der Waals surface area contributed by atoms with Crippen molar-refractivity contribution >= 4 is 15.7 Å². The minimum Gasteiger partial charge on any atom is -0.450 e. The van der Waals surface area contributed by atoms with Crippen LogP contribution in [0.15, 0.2) is 0 Å². The zero-order chi connectivity index (χ0) is 10.3. The third-order valence-corrected chi connectivity index (χ3v) is 5.96. The molecule has 0 heterocycles. The fourth-order valence-electron chi connectivity index (χ4n) is 1.64. The zero-order valence-electron chi connectivity index (χ0n) is 8.80. The van der Waals surface area contributed by atoms with E-state index in [2.05, 4.69) is 25.1 Å². The molecular weight excluding hydrogens is 184 g/mol. The van der Waals surface area contributed by atoms with Crippen LogP contribution in [0, 0.1) is 0 Å². The molecule has 0 fully saturated rings. The lowest BCUT2D eigenvalue weighted by molar-refractivity contribution is 0.0866. The molecule has 0 rings (SSSR count). The van der Waals surface area contributed by atoms with Crippen LogP contribution in [0.1, 0.15) is 33.1 Å². The van der Waals surface area contributed by atoms with Crippen LogP contribution in [0.4, 0.5) is 4.79 Å². The molecule has 0 aliphatic carbocycles. The first kappa shape index (κ1) is 12.5. The van der Waals surface area contributed by atoms with Crippen LogP contribution >= 0.6 is 0 Å². The van der Waals surface area contributed by atoms with Crippen LogP contribution < -0.4 is 0 Å². The van der Waals surface area contributed by atoms with E-state index in [1.54, 1.807) is 0 Å². The summed E-state index contributed by atoms with van der Waals surface area (Å²) in [4.78, 5) is 10.1. The Balaban J connectivity index is 3.88. The maximum absolute atomic E-state index is 10.1. The predicted octanol–water partition coefficient (Wildman–Crippen LogP) is 2.27. The van der Waals surface area contributed by atoms with Gasteiger partial charge >= 0.3 is 6.16 Å². The quantitative estimate of drug-likeness (QED) is 0.533. The van der Waals surface area contributed by atoms with Gasteiger partial charge in [-0.2, -0.15) is 0 Å². The molecule has 78 valence electrons. The highest BCUT2D eigenvalue weighted by molar-refractivity contribution is 6.38. The van der Waals surface area contributed by atoms with Gasteiger partial charge in [0.15, 0.2) is 0 Å². The summed E-state index contributed by atoms with van der Waals surface area (Å²) in [6.07, 6.45) is 2.04. The molecule has 0 aromatic heterocycles. The minimum absolute atomic E-state index is 0.0967. The monoisotopic (exact) mass is 204 g/mol. The van der Waals surface area contributed by atoms with Gasteiger partial charge in [-0.25, -0.2) is 4.79 Å². The molecule has 0 aliphatic heterocycles. The number of ether oxygens (including phenoxy) is 1. The van der Waals surface area contributed by atoms with Crippen molar-refractivity contribution in [2.75, 3.05) is 6.61 Å². The second-order valence-corrected chi connectivity index (χ2v) is 5.63. The summed E-state index contributed by atoms with van der Waals surface area (Å²) in [5, 5.41) is 8.73. The molecule has 0 aliphatic rings. The Labute approximate surface area is 82.3 Å². The van der Waals surface area contributed by atoms with E-state index < -0.39 is 6.16 Å². The van der Waals surface area contributed by atoms with E-state index in [0.717, 1.165) is 19.3 Å². The molecule has 0 unspecified atom stereocenters. The van der Waals surface area contributed by atoms with Gasteiger partial charge in [0.2, 0.25) is 0 Å². The fourth-order valence-corrected chi connectivity index (χ4v) is 3.13. The third-order valence-electron chi connectivity index (χ3n) is 3.11. The first-order valence-electron chi connectivity index (χ1n) is 4.96. The minimum atomic E-state index is -1.15. The second-order valence-electron chi connectivity index (χ2n) is 3.43. The van der Waals surface area contributed by atoms with Crippen LogP contribution in [-0.4, -0.2) is 27.4 Å². The first-order chi connectivity index (χ1) is 6.10. The lowest BCUT2D eigenvalue weighted by Gasteiger charge is -2.29. The second kappa shape index (κ2) is 6.02. The van der Waals surface area contributed by atoms with E-state index in [1.807, 2.05) is 0 Å². The molecule has 0 aromatic rings. The van der Waals surface area contributed by atoms with E-state index >= 15 is 0 Å². The van der Waals surface area contributed by atoms with Crippen molar-refractivity contribution in [1.82, 2.24) is 0 Å². The molecule has 3 nitrogen and oxygen atoms in total. The Bertz CT molecular complexity index is 147. The van der Waals surface area contributed by atoms with Crippen molar-refractivity contribution in [3.63, 3.8) is 0 Å². The van der Waals surface area contributed by atoms with Gasteiger partial charge in [-0.15, -0.1) is 0 Å². The van der Waals surface area contributed by atoms with E-state index in [9.17, 15) is 4.79 Å². The highest BCUT2D eigenvalue weighted by Crippen LogP contribution is 2.37. The number of hydrogen-bond acceptors (Lipinski definition) is 2. The van der Waals surface area contributed by atoms with Crippen LogP contribution in [0.2, 0.25) is 11.6 Å². The van der Waals surface area contributed by atoms with Crippen molar-refractivity contribution in [2.24, 2.45) is 0 Å². The molecule has 0 amide bonds. The average Bonchev–Trinajstić information content (AvgIpc) is 2.13. The Morgan fingerprint density at radius 3 is 2.31 bits per heavy atom. The van der Waals surface area contributed by atoms with Crippen molar-refractivity contribution in [3.05, 3.63) is 0 Å². The maximum atomic E-state index is 10.1. The van der Waals surface area contributed by atoms with E-state index in [4.69, 9.17) is 5.11 Å². The van der Waals surface area contributed by atoms with Gasteiger partial charge in [-0.05, 0) is 11.5 Å². The summed E-state index contributed by atoms with van der Waals surface area (Å²) in [6.45, 7) is 7.01. The van der Waals surface area contributed by atoms with Crippen LogP contribution in [0.25, 0.3) is 0 Å². The molecule has 4 heteroatoms. The molecule has 0 bridgehead atoms. The molecule has 0 spiro atoms. The largest absolute Gasteiger partial charge is 0.505 e. The average molecular weight is 204 g/mol. The number of carbonyl (C=O) groups is 1. The Hall–Kier alpha value is -0.513. The third kappa shape index (κ3) is 4.31. The molecule has 0 aromatic carbocycles. The van der Waals surface area contributed by atoms with Gasteiger partial charge in [0, 0.05) is 9.52 Å². The summed E-state index contributed by atoms with van der Waals surface area (Å²) in [5.41, 5.74) is 0. The summed E-state index contributed by atoms with van der Waals surface area (Å²) >= 11 is 0. The van der Waals surface area contributed by atoms with Crippen molar-refractivity contribution < 1.29 is 14.6 Å². The SMILES string of the molecule is CCC(CC)(CCOC(=O)O)[SiH2]C. The van der Waals surface area contributed by atoms with Crippen molar-refractivity contribution in [3.8, 4) is 0 Å². The molecular formula is C9H20O3Si.